The first-order valence-corrected chi connectivity index (χ1v) is 12.0. The molecule has 1 fully saturated rings. The molecule has 0 aliphatic carbocycles. The molecule has 9 heteroatoms. The number of hydrogen-bond acceptors (Lipinski definition) is 6. The molecule has 142 valence electrons. The lowest BCUT2D eigenvalue weighted by atomic mass is 10.2. The van der Waals surface area contributed by atoms with Crippen molar-refractivity contribution in [1.29, 1.82) is 0 Å². The zero-order valence-electron chi connectivity index (χ0n) is 14.6. The Morgan fingerprint density at radius 3 is 2.37 bits per heavy atom. The molecule has 0 bridgehead atoms. The van der Waals surface area contributed by atoms with E-state index in [-0.39, 0.29) is 0 Å². The predicted octanol–water partition coefficient (Wildman–Crippen LogP) is 4.34. The third-order valence-corrected chi connectivity index (χ3v) is 9.04. The smallest absolute Gasteiger partial charge is 0.252 e. The summed E-state index contributed by atoms with van der Waals surface area (Å²) in [5.74, 6) is 0. The van der Waals surface area contributed by atoms with Crippen molar-refractivity contribution >= 4 is 50.0 Å². The lowest BCUT2D eigenvalue weighted by molar-refractivity contribution is 0.386. The van der Waals surface area contributed by atoms with E-state index >= 15 is 0 Å². The maximum Gasteiger partial charge on any atom is 0.252 e. The molecule has 0 N–H and O–H groups in total. The molecule has 0 unspecified atom stereocenters. The van der Waals surface area contributed by atoms with Crippen molar-refractivity contribution in [2.24, 2.45) is 0 Å². The monoisotopic (exact) mass is 439 g/mol. The summed E-state index contributed by atoms with van der Waals surface area (Å²) in [6.07, 6.45) is 0. The fourth-order valence-corrected chi connectivity index (χ4v) is 6.74. The summed E-state index contributed by atoms with van der Waals surface area (Å²) in [4.78, 5) is 6.62. The molecule has 0 saturated carbocycles. The maximum atomic E-state index is 13.0. The van der Waals surface area contributed by atoms with E-state index in [2.05, 4.69) is 9.88 Å². The molecule has 4 rings (SSSR count). The molecule has 0 atom stereocenters. The molecular weight excluding hydrogens is 422 g/mol. The number of benzene rings is 1. The van der Waals surface area contributed by atoms with Crippen molar-refractivity contribution < 1.29 is 8.42 Å². The Hall–Kier alpha value is -1.45. The number of sulfonamides is 1. The molecule has 27 heavy (non-hydrogen) atoms. The summed E-state index contributed by atoms with van der Waals surface area (Å²) in [6, 6.07) is 9.38. The highest BCUT2D eigenvalue weighted by Gasteiger charge is 2.30. The number of piperazine rings is 1. The number of anilines is 1. The highest BCUT2D eigenvalue weighted by Crippen LogP contribution is 2.32. The Labute approximate surface area is 171 Å². The van der Waals surface area contributed by atoms with Crippen LogP contribution in [0.4, 0.5) is 5.69 Å². The van der Waals surface area contributed by atoms with Crippen LogP contribution < -0.4 is 4.90 Å². The van der Waals surface area contributed by atoms with E-state index in [0.29, 0.717) is 35.4 Å². The van der Waals surface area contributed by atoms with E-state index in [4.69, 9.17) is 11.6 Å². The molecule has 1 aliphatic heterocycles. The third kappa shape index (κ3) is 3.90. The number of nitrogens with zero attached hydrogens (tertiary/aromatic N) is 3. The van der Waals surface area contributed by atoms with Gasteiger partial charge in [-0.1, -0.05) is 11.6 Å². The fourth-order valence-electron chi connectivity index (χ4n) is 3.02. The van der Waals surface area contributed by atoms with Crippen LogP contribution in [0, 0.1) is 6.92 Å². The zero-order valence-corrected chi connectivity index (χ0v) is 17.8. The SMILES string of the molecule is Cc1csc(-c2csc(S(=O)(=O)N3CCN(c4ccc(Cl)cc4)CC3)c2)n1. The molecule has 0 amide bonds. The third-order valence-electron chi connectivity index (χ3n) is 4.47. The molecule has 0 spiro atoms. The molecular formula is C18H18ClN3O2S3. The minimum atomic E-state index is -3.47. The lowest BCUT2D eigenvalue weighted by Crippen LogP contribution is -2.48. The normalized spacial score (nSPS) is 16.0. The van der Waals surface area contributed by atoms with E-state index in [0.717, 1.165) is 22.0 Å². The van der Waals surface area contributed by atoms with Gasteiger partial charge >= 0.3 is 0 Å². The maximum absolute atomic E-state index is 13.0. The van der Waals surface area contributed by atoms with E-state index in [1.165, 1.54) is 22.7 Å². The van der Waals surface area contributed by atoms with Crippen molar-refractivity contribution in [2.75, 3.05) is 31.1 Å². The Morgan fingerprint density at radius 1 is 1.04 bits per heavy atom. The van der Waals surface area contributed by atoms with E-state index in [1.54, 1.807) is 10.4 Å². The van der Waals surface area contributed by atoms with Gasteiger partial charge in [0.2, 0.25) is 0 Å². The topological polar surface area (TPSA) is 53.5 Å². The summed E-state index contributed by atoms with van der Waals surface area (Å²) in [7, 11) is -3.47. The van der Waals surface area contributed by atoms with Gasteiger partial charge in [0.15, 0.2) is 0 Å². The molecule has 1 aliphatic rings. The van der Waals surface area contributed by atoms with Gasteiger partial charge < -0.3 is 4.90 Å². The van der Waals surface area contributed by atoms with Crippen LogP contribution in [0.15, 0.2) is 45.3 Å². The second-order valence-electron chi connectivity index (χ2n) is 6.32. The number of rotatable bonds is 4. The van der Waals surface area contributed by atoms with E-state index in [1.807, 2.05) is 41.9 Å². The first kappa shape index (κ1) is 18.9. The molecule has 2 aromatic heterocycles. The Morgan fingerprint density at radius 2 is 1.74 bits per heavy atom. The second-order valence-corrected chi connectivity index (χ2v) is 10.7. The number of thiophene rings is 1. The average molecular weight is 440 g/mol. The van der Waals surface area contributed by atoms with Gasteiger partial charge in [-0.15, -0.1) is 22.7 Å². The van der Waals surface area contributed by atoms with Crippen molar-refractivity contribution in [3.63, 3.8) is 0 Å². The molecule has 1 aromatic carbocycles. The van der Waals surface area contributed by atoms with Crippen LogP contribution in [0.5, 0.6) is 0 Å². The highest BCUT2D eigenvalue weighted by molar-refractivity contribution is 7.91. The summed E-state index contributed by atoms with van der Waals surface area (Å²) in [6.45, 7) is 4.18. The van der Waals surface area contributed by atoms with Crippen molar-refractivity contribution in [3.05, 3.63) is 51.8 Å². The Bertz CT molecular complexity index is 1040. The molecule has 1 saturated heterocycles. The minimum absolute atomic E-state index is 0.380. The standard InChI is InChI=1S/C18H18ClN3O2S3/c1-13-11-26-18(20-13)14-10-17(25-12-14)27(23,24)22-8-6-21(7-9-22)16-4-2-15(19)3-5-16/h2-5,10-12H,6-9H2,1H3. The number of thiazole rings is 1. The van der Waals surface area contributed by atoms with Crippen LogP contribution in [0.1, 0.15) is 5.69 Å². The predicted molar refractivity (Wildman–Crippen MR) is 113 cm³/mol. The van der Waals surface area contributed by atoms with Gasteiger partial charge in [-0.05, 0) is 37.3 Å². The number of aryl methyl sites for hydroxylation is 1. The lowest BCUT2D eigenvalue weighted by Gasteiger charge is -2.35. The van der Waals surface area contributed by atoms with Gasteiger partial charge in [-0.2, -0.15) is 4.31 Å². The largest absolute Gasteiger partial charge is 0.369 e. The first-order valence-electron chi connectivity index (χ1n) is 8.45. The van der Waals surface area contributed by atoms with Gasteiger partial charge in [-0.25, -0.2) is 13.4 Å². The molecule has 3 heterocycles. The van der Waals surface area contributed by atoms with Crippen LogP contribution in [0.2, 0.25) is 5.02 Å². The Kier molecular flexibility index (Phi) is 5.26. The van der Waals surface area contributed by atoms with Crippen LogP contribution in [0.25, 0.3) is 10.6 Å². The first-order chi connectivity index (χ1) is 12.9. The summed E-state index contributed by atoms with van der Waals surface area (Å²) in [5.41, 5.74) is 2.88. The molecule has 0 radical (unpaired) electrons. The zero-order chi connectivity index (χ0) is 19.0. The summed E-state index contributed by atoms with van der Waals surface area (Å²) >= 11 is 8.73. The summed E-state index contributed by atoms with van der Waals surface area (Å²) in [5, 5.41) is 5.40. The van der Waals surface area contributed by atoms with Gasteiger partial charge in [0.05, 0.1) is 0 Å². The number of hydrogen-bond donors (Lipinski definition) is 0. The summed E-state index contributed by atoms with van der Waals surface area (Å²) < 4.78 is 28.0. The van der Waals surface area contributed by atoms with Crippen LogP contribution in [-0.2, 0) is 10.0 Å². The Balaban J connectivity index is 1.47. The molecule has 3 aromatic rings. The minimum Gasteiger partial charge on any atom is -0.369 e. The van der Waals surface area contributed by atoms with Gasteiger partial charge in [0.25, 0.3) is 10.0 Å². The highest BCUT2D eigenvalue weighted by atomic mass is 35.5. The van der Waals surface area contributed by atoms with Crippen LogP contribution in [0.3, 0.4) is 0 Å². The molecule has 5 nitrogen and oxygen atoms in total. The van der Waals surface area contributed by atoms with Gasteiger partial charge in [0.1, 0.15) is 9.22 Å². The van der Waals surface area contributed by atoms with Gasteiger partial charge in [-0.3, -0.25) is 0 Å². The van der Waals surface area contributed by atoms with E-state index in [9.17, 15) is 8.42 Å². The van der Waals surface area contributed by atoms with Gasteiger partial charge in [0, 0.05) is 58.9 Å². The fraction of sp³-hybridized carbons (Fsp3) is 0.278. The van der Waals surface area contributed by atoms with Crippen LogP contribution in [-0.4, -0.2) is 43.9 Å². The number of halogens is 1. The van der Waals surface area contributed by atoms with Crippen molar-refractivity contribution in [2.45, 2.75) is 11.1 Å². The van der Waals surface area contributed by atoms with E-state index < -0.39 is 10.0 Å². The quantitative estimate of drug-likeness (QED) is 0.606. The second kappa shape index (κ2) is 7.52. The average Bonchev–Trinajstić information content (AvgIpc) is 3.32. The van der Waals surface area contributed by atoms with Crippen molar-refractivity contribution in [3.8, 4) is 10.6 Å². The van der Waals surface area contributed by atoms with Crippen LogP contribution >= 0.6 is 34.3 Å². The van der Waals surface area contributed by atoms with Crippen molar-refractivity contribution in [1.82, 2.24) is 9.29 Å². The number of aromatic nitrogens is 1.